The molecule has 1 N–H and O–H groups in total. The number of aryl methyl sites for hydroxylation is 1. The molecule has 0 aliphatic rings. The number of pyridine rings is 1. The summed E-state index contributed by atoms with van der Waals surface area (Å²) in [5, 5.41) is 9.76. The van der Waals surface area contributed by atoms with Crippen LogP contribution < -0.4 is 5.56 Å². The lowest BCUT2D eigenvalue weighted by Crippen LogP contribution is -2.22. The van der Waals surface area contributed by atoms with Crippen molar-refractivity contribution in [1.82, 2.24) is 4.73 Å². The minimum atomic E-state index is -0.386. The maximum absolute atomic E-state index is 11.5. The molecule has 1 aromatic carbocycles. The van der Waals surface area contributed by atoms with Crippen molar-refractivity contribution in [3.8, 4) is 0 Å². The van der Waals surface area contributed by atoms with Crippen molar-refractivity contribution in [2.75, 3.05) is 0 Å². The molecule has 88 valence electrons. The third-order valence-corrected chi connectivity index (χ3v) is 2.92. The van der Waals surface area contributed by atoms with Gasteiger partial charge in [0.25, 0.3) is 5.56 Å². The van der Waals surface area contributed by atoms with Crippen LogP contribution in [0.25, 0.3) is 0 Å². The summed E-state index contributed by atoms with van der Waals surface area (Å²) in [6.07, 6.45) is 0. The minimum absolute atomic E-state index is 0.0196. The van der Waals surface area contributed by atoms with Gasteiger partial charge in [-0.3, -0.25) is 4.79 Å². The molecule has 3 heteroatoms. The molecule has 0 spiro atoms. The number of benzene rings is 1. The summed E-state index contributed by atoms with van der Waals surface area (Å²) in [4.78, 5) is 11.5. The van der Waals surface area contributed by atoms with E-state index in [0.29, 0.717) is 5.69 Å². The van der Waals surface area contributed by atoms with E-state index >= 15 is 0 Å². The molecule has 0 bridgehead atoms. The lowest BCUT2D eigenvalue weighted by Gasteiger charge is -2.15. The number of rotatable bonds is 2. The van der Waals surface area contributed by atoms with E-state index in [1.807, 2.05) is 50.2 Å². The van der Waals surface area contributed by atoms with Gasteiger partial charge in [0, 0.05) is 12.0 Å². The van der Waals surface area contributed by atoms with Crippen LogP contribution in [0.3, 0.4) is 0 Å². The molecule has 0 radical (unpaired) electrons. The van der Waals surface area contributed by atoms with E-state index in [-0.39, 0.29) is 11.5 Å². The molecule has 0 aliphatic carbocycles. The topological polar surface area (TPSA) is 42.2 Å². The predicted octanol–water partition coefficient (Wildman–Crippen LogP) is 2.55. The Labute approximate surface area is 99.9 Å². The van der Waals surface area contributed by atoms with Crippen molar-refractivity contribution < 1.29 is 5.21 Å². The van der Waals surface area contributed by atoms with Crippen LogP contribution in [-0.4, -0.2) is 9.94 Å². The van der Waals surface area contributed by atoms with Crippen LogP contribution in [0.4, 0.5) is 0 Å². The lowest BCUT2D eigenvalue weighted by molar-refractivity contribution is 0.163. The van der Waals surface area contributed by atoms with Gasteiger partial charge in [-0.2, -0.15) is 4.73 Å². The second-order valence-electron chi connectivity index (χ2n) is 4.24. The van der Waals surface area contributed by atoms with Crippen molar-refractivity contribution in [2.45, 2.75) is 19.8 Å². The van der Waals surface area contributed by atoms with Crippen molar-refractivity contribution in [2.24, 2.45) is 0 Å². The third kappa shape index (κ3) is 2.23. The minimum Gasteiger partial charge on any atom is -0.425 e. The number of hydrogen-bond donors (Lipinski definition) is 1. The third-order valence-electron chi connectivity index (χ3n) is 2.92. The quantitative estimate of drug-likeness (QED) is 0.804. The highest BCUT2D eigenvalue weighted by Crippen LogP contribution is 2.22. The van der Waals surface area contributed by atoms with Crippen LogP contribution >= 0.6 is 0 Å². The van der Waals surface area contributed by atoms with E-state index in [4.69, 9.17) is 0 Å². The summed E-state index contributed by atoms with van der Waals surface area (Å²) in [5.74, 6) is -0.0196. The monoisotopic (exact) mass is 229 g/mol. The number of aromatic nitrogens is 1. The average Bonchev–Trinajstić information content (AvgIpc) is 2.34. The van der Waals surface area contributed by atoms with Crippen LogP contribution in [-0.2, 0) is 0 Å². The molecule has 17 heavy (non-hydrogen) atoms. The second kappa shape index (κ2) is 4.45. The van der Waals surface area contributed by atoms with E-state index in [1.165, 1.54) is 6.07 Å². The molecule has 0 aliphatic heterocycles. The van der Waals surface area contributed by atoms with Crippen LogP contribution in [0.1, 0.15) is 29.7 Å². The summed E-state index contributed by atoms with van der Waals surface area (Å²) in [5.41, 5.74) is 2.15. The van der Waals surface area contributed by atoms with Crippen molar-refractivity contribution in [1.29, 1.82) is 0 Å². The van der Waals surface area contributed by atoms with E-state index < -0.39 is 0 Å². The predicted molar refractivity (Wildman–Crippen MR) is 66.6 cm³/mol. The van der Waals surface area contributed by atoms with Crippen LogP contribution in [0.5, 0.6) is 0 Å². The molecule has 2 rings (SSSR count). The summed E-state index contributed by atoms with van der Waals surface area (Å²) in [6, 6.07) is 13.1. The molecule has 1 unspecified atom stereocenters. The van der Waals surface area contributed by atoms with Crippen molar-refractivity contribution in [3.63, 3.8) is 0 Å². The SMILES string of the molecule is Cc1cc(C(C)c2ccccc2)n(O)c(=O)c1. The van der Waals surface area contributed by atoms with Gasteiger partial charge in [-0.15, -0.1) is 0 Å². The molecule has 0 amide bonds. The maximum Gasteiger partial charge on any atom is 0.283 e. The van der Waals surface area contributed by atoms with E-state index in [9.17, 15) is 10.0 Å². The Hall–Kier alpha value is -2.03. The van der Waals surface area contributed by atoms with E-state index in [2.05, 4.69) is 0 Å². The Kier molecular flexibility index (Phi) is 3.00. The zero-order valence-electron chi connectivity index (χ0n) is 9.92. The molecule has 0 fully saturated rings. The molecule has 1 aromatic heterocycles. The van der Waals surface area contributed by atoms with Gasteiger partial charge in [0.1, 0.15) is 0 Å². The average molecular weight is 229 g/mol. The zero-order chi connectivity index (χ0) is 12.4. The van der Waals surface area contributed by atoms with Gasteiger partial charge in [0.2, 0.25) is 0 Å². The largest absolute Gasteiger partial charge is 0.425 e. The summed E-state index contributed by atoms with van der Waals surface area (Å²) in [6.45, 7) is 3.82. The summed E-state index contributed by atoms with van der Waals surface area (Å²) < 4.78 is 0.727. The number of nitrogens with zero attached hydrogens (tertiary/aromatic N) is 1. The molecule has 2 aromatic rings. The first kappa shape index (κ1) is 11.5. The van der Waals surface area contributed by atoms with Crippen LogP contribution in [0, 0.1) is 6.92 Å². The molecule has 0 saturated carbocycles. The number of hydrogen-bond acceptors (Lipinski definition) is 2. The van der Waals surface area contributed by atoms with E-state index in [0.717, 1.165) is 15.9 Å². The Morgan fingerprint density at radius 2 is 1.82 bits per heavy atom. The van der Waals surface area contributed by atoms with Gasteiger partial charge < -0.3 is 5.21 Å². The van der Waals surface area contributed by atoms with Crippen LogP contribution in [0.2, 0.25) is 0 Å². The van der Waals surface area contributed by atoms with Gasteiger partial charge in [-0.25, -0.2) is 0 Å². The first-order valence-corrected chi connectivity index (χ1v) is 5.57. The fraction of sp³-hybridized carbons (Fsp3) is 0.214. The Morgan fingerprint density at radius 3 is 2.47 bits per heavy atom. The van der Waals surface area contributed by atoms with E-state index in [1.54, 1.807) is 0 Å². The van der Waals surface area contributed by atoms with Crippen molar-refractivity contribution >= 4 is 0 Å². The Balaban J connectivity index is 2.51. The highest BCUT2D eigenvalue weighted by Gasteiger charge is 2.13. The fourth-order valence-electron chi connectivity index (χ4n) is 1.94. The van der Waals surface area contributed by atoms with Gasteiger partial charge in [0.05, 0.1) is 5.69 Å². The smallest absolute Gasteiger partial charge is 0.283 e. The molecular formula is C14H15NO2. The highest BCUT2D eigenvalue weighted by atomic mass is 16.5. The second-order valence-corrected chi connectivity index (χ2v) is 4.24. The molecule has 1 heterocycles. The van der Waals surface area contributed by atoms with Gasteiger partial charge >= 0.3 is 0 Å². The zero-order valence-corrected chi connectivity index (χ0v) is 9.92. The summed E-state index contributed by atoms with van der Waals surface area (Å²) >= 11 is 0. The maximum atomic E-state index is 11.5. The standard InChI is InChI=1S/C14H15NO2/c1-10-8-13(15(17)14(16)9-10)11(2)12-6-4-3-5-7-12/h3-9,11,17H,1-2H3. The first-order chi connectivity index (χ1) is 8.09. The van der Waals surface area contributed by atoms with Gasteiger partial charge in [0.15, 0.2) is 0 Å². The molecular weight excluding hydrogens is 214 g/mol. The lowest BCUT2D eigenvalue weighted by atomic mass is 9.96. The Morgan fingerprint density at radius 1 is 1.18 bits per heavy atom. The summed E-state index contributed by atoms with van der Waals surface area (Å²) in [7, 11) is 0. The first-order valence-electron chi connectivity index (χ1n) is 5.57. The Bertz CT molecular complexity index is 573. The van der Waals surface area contributed by atoms with Gasteiger partial charge in [-0.1, -0.05) is 37.3 Å². The van der Waals surface area contributed by atoms with Crippen LogP contribution in [0.15, 0.2) is 47.3 Å². The normalized spacial score (nSPS) is 12.4. The fourth-order valence-corrected chi connectivity index (χ4v) is 1.94. The van der Waals surface area contributed by atoms with Gasteiger partial charge in [-0.05, 0) is 24.1 Å². The molecule has 1 atom stereocenters. The van der Waals surface area contributed by atoms with Crippen molar-refractivity contribution in [3.05, 3.63) is 69.6 Å². The molecule has 0 saturated heterocycles. The highest BCUT2D eigenvalue weighted by molar-refractivity contribution is 5.29. The molecule has 3 nitrogen and oxygen atoms in total.